The van der Waals surface area contributed by atoms with Gasteiger partial charge in [-0.15, -0.1) is 11.3 Å². The molecule has 0 radical (unpaired) electrons. The number of hydrogen-bond donors (Lipinski definition) is 0. The summed E-state index contributed by atoms with van der Waals surface area (Å²) in [6.45, 7) is 3.40. The van der Waals surface area contributed by atoms with Crippen LogP contribution in [0.25, 0.3) is 20.8 Å². The number of rotatable bonds is 3. The van der Waals surface area contributed by atoms with Crippen molar-refractivity contribution in [3.05, 3.63) is 59.6 Å². The first-order chi connectivity index (χ1) is 10.2. The van der Waals surface area contributed by atoms with Crippen LogP contribution in [-0.4, -0.2) is 11.0 Å². The largest absolute Gasteiger partial charge is 0.422 e. The van der Waals surface area contributed by atoms with Gasteiger partial charge >= 0.3 is 5.97 Å². The summed E-state index contributed by atoms with van der Waals surface area (Å²) in [6.07, 6.45) is 1.14. The van der Waals surface area contributed by atoms with Gasteiger partial charge in [-0.3, -0.25) is 0 Å². The Bertz CT molecular complexity index is 808. The van der Waals surface area contributed by atoms with E-state index in [1.165, 1.54) is 0 Å². The number of thiazole rings is 1. The molecule has 21 heavy (non-hydrogen) atoms. The molecule has 3 rings (SSSR count). The van der Waals surface area contributed by atoms with Crippen LogP contribution in [0, 0.1) is 0 Å². The first kappa shape index (κ1) is 14.0. The van der Waals surface area contributed by atoms with Crippen LogP contribution in [0.4, 0.5) is 0 Å². The Morgan fingerprint density at radius 1 is 1.24 bits per heavy atom. The van der Waals surface area contributed by atoms with E-state index >= 15 is 0 Å². The number of benzene rings is 2. The second-order valence-corrected chi connectivity index (χ2v) is 6.05. The zero-order valence-corrected chi connectivity index (χ0v) is 13.3. The molecule has 0 atom stereocenters. The Labute approximate surface area is 134 Å². The van der Waals surface area contributed by atoms with Crippen molar-refractivity contribution in [2.75, 3.05) is 0 Å². The lowest BCUT2D eigenvalue weighted by Gasteiger charge is -2.07. The molecule has 3 aromatic rings. The molecule has 0 aliphatic heterocycles. The van der Waals surface area contributed by atoms with Gasteiger partial charge in [0.25, 0.3) is 0 Å². The van der Waals surface area contributed by atoms with Crippen LogP contribution in [0.3, 0.4) is 0 Å². The first-order valence-electron chi connectivity index (χ1n) is 6.18. The molecule has 0 saturated carbocycles. The number of nitrogens with zero attached hydrogens (tertiary/aromatic N) is 1. The third kappa shape index (κ3) is 2.75. The Balaban J connectivity index is 2.07. The Hall–Kier alpha value is -1.98. The highest BCUT2D eigenvalue weighted by molar-refractivity contribution is 9.10. The number of carbonyl (C=O) groups excluding carboxylic acids is 1. The zero-order valence-electron chi connectivity index (χ0n) is 10.9. The maximum Gasteiger partial charge on any atom is 0.335 e. The molecule has 0 N–H and O–H groups in total. The molecule has 5 heteroatoms. The minimum atomic E-state index is -0.489. The summed E-state index contributed by atoms with van der Waals surface area (Å²) in [5.74, 6) is -0.0335. The van der Waals surface area contributed by atoms with Gasteiger partial charge < -0.3 is 4.74 Å². The highest BCUT2D eigenvalue weighted by Gasteiger charge is 2.14. The van der Waals surface area contributed by atoms with Crippen LogP contribution >= 0.6 is 27.3 Å². The summed E-state index contributed by atoms with van der Waals surface area (Å²) in [5.41, 5.74) is 1.85. The van der Waals surface area contributed by atoms with Gasteiger partial charge in [0, 0.05) is 11.6 Å². The minimum absolute atomic E-state index is 0.455. The third-order valence-electron chi connectivity index (χ3n) is 2.86. The quantitative estimate of drug-likeness (QED) is 0.382. The van der Waals surface area contributed by atoms with Crippen LogP contribution < -0.4 is 4.74 Å². The third-order valence-corrected chi connectivity index (χ3v) is 4.75. The van der Waals surface area contributed by atoms with E-state index in [1.54, 1.807) is 17.4 Å². The van der Waals surface area contributed by atoms with Crippen molar-refractivity contribution >= 4 is 43.5 Å². The summed E-state index contributed by atoms with van der Waals surface area (Å²) in [5, 5.41) is 0.875. The zero-order chi connectivity index (χ0) is 14.8. The molecule has 104 valence electrons. The molecular formula is C16H10BrNO2S. The Morgan fingerprint density at radius 3 is 2.81 bits per heavy atom. The van der Waals surface area contributed by atoms with Crippen molar-refractivity contribution in [3.63, 3.8) is 0 Å². The molecule has 2 aromatic carbocycles. The van der Waals surface area contributed by atoms with E-state index in [2.05, 4.69) is 27.5 Å². The SMILES string of the molecule is C=CC(=O)Oc1cccc(-c2nc3ccccc3s2)c1Br. The Morgan fingerprint density at radius 2 is 2.05 bits per heavy atom. The number of ether oxygens (including phenoxy) is 1. The fourth-order valence-corrected chi connectivity index (χ4v) is 3.55. The summed E-state index contributed by atoms with van der Waals surface area (Å²) in [7, 11) is 0. The second kappa shape index (κ2) is 5.79. The van der Waals surface area contributed by atoms with E-state index in [4.69, 9.17) is 4.74 Å². The fourth-order valence-electron chi connectivity index (χ4n) is 1.89. The van der Waals surface area contributed by atoms with Gasteiger partial charge in [0.1, 0.15) is 10.8 Å². The van der Waals surface area contributed by atoms with Gasteiger partial charge in [0.05, 0.1) is 14.7 Å². The lowest BCUT2D eigenvalue weighted by molar-refractivity contribution is -0.129. The van der Waals surface area contributed by atoms with Crippen LogP contribution in [-0.2, 0) is 4.79 Å². The van der Waals surface area contributed by atoms with E-state index in [-0.39, 0.29) is 0 Å². The lowest BCUT2D eigenvalue weighted by atomic mass is 10.2. The molecular weight excluding hydrogens is 350 g/mol. The van der Waals surface area contributed by atoms with Gasteiger partial charge in [-0.1, -0.05) is 30.8 Å². The normalized spacial score (nSPS) is 10.5. The van der Waals surface area contributed by atoms with Gasteiger partial charge in [-0.2, -0.15) is 0 Å². The fraction of sp³-hybridized carbons (Fsp3) is 0. The van der Waals surface area contributed by atoms with Crippen molar-refractivity contribution < 1.29 is 9.53 Å². The van der Waals surface area contributed by atoms with Crippen molar-refractivity contribution in [1.29, 1.82) is 0 Å². The number of aromatic nitrogens is 1. The van der Waals surface area contributed by atoms with Crippen LogP contribution in [0.1, 0.15) is 0 Å². The lowest BCUT2D eigenvalue weighted by Crippen LogP contribution is -2.03. The van der Waals surface area contributed by atoms with Crippen LogP contribution in [0.15, 0.2) is 59.6 Å². The topological polar surface area (TPSA) is 39.2 Å². The molecule has 3 nitrogen and oxygen atoms in total. The standard InChI is InChI=1S/C16H10BrNO2S/c1-2-14(19)20-12-8-5-6-10(15(12)17)16-18-11-7-3-4-9-13(11)21-16/h2-9H,1H2. The average molecular weight is 360 g/mol. The van der Waals surface area contributed by atoms with Gasteiger partial charge in [-0.05, 0) is 34.1 Å². The highest BCUT2D eigenvalue weighted by Crippen LogP contribution is 2.38. The van der Waals surface area contributed by atoms with E-state index < -0.39 is 5.97 Å². The molecule has 0 amide bonds. The van der Waals surface area contributed by atoms with Gasteiger partial charge in [-0.25, -0.2) is 9.78 Å². The van der Waals surface area contributed by atoms with E-state index in [9.17, 15) is 4.79 Å². The number of fused-ring (bicyclic) bond motifs is 1. The van der Waals surface area contributed by atoms with Crippen LogP contribution in [0.5, 0.6) is 5.75 Å². The van der Waals surface area contributed by atoms with Crippen molar-refractivity contribution in [3.8, 4) is 16.3 Å². The Kier molecular flexibility index (Phi) is 3.86. The maximum absolute atomic E-state index is 11.3. The molecule has 0 aliphatic carbocycles. The van der Waals surface area contributed by atoms with Gasteiger partial charge in [0.2, 0.25) is 0 Å². The van der Waals surface area contributed by atoms with Gasteiger partial charge in [0.15, 0.2) is 0 Å². The number of esters is 1. The van der Waals surface area contributed by atoms with E-state index in [1.807, 2.05) is 36.4 Å². The second-order valence-electron chi connectivity index (χ2n) is 4.23. The van der Waals surface area contributed by atoms with Crippen LogP contribution in [0.2, 0.25) is 0 Å². The predicted molar refractivity (Wildman–Crippen MR) is 88.6 cm³/mol. The number of hydrogen-bond acceptors (Lipinski definition) is 4. The smallest absolute Gasteiger partial charge is 0.335 e. The maximum atomic E-state index is 11.3. The molecule has 0 spiro atoms. The molecule has 1 heterocycles. The number of halogens is 1. The van der Waals surface area contributed by atoms with Crippen molar-refractivity contribution in [2.24, 2.45) is 0 Å². The minimum Gasteiger partial charge on any atom is -0.422 e. The number of carbonyl (C=O) groups is 1. The molecule has 0 unspecified atom stereocenters. The average Bonchev–Trinajstić information content (AvgIpc) is 2.92. The molecule has 0 fully saturated rings. The molecule has 0 bridgehead atoms. The molecule has 1 aromatic heterocycles. The summed E-state index contributed by atoms with van der Waals surface area (Å²) >= 11 is 5.08. The summed E-state index contributed by atoms with van der Waals surface area (Å²) in [4.78, 5) is 16.0. The van der Waals surface area contributed by atoms with E-state index in [0.717, 1.165) is 26.9 Å². The van der Waals surface area contributed by atoms with Crippen molar-refractivity contribution in [2.45, 2.75) is 0 Å². The monoisotopic (exact) mass is 359 g/mol. The van der Waals surface area contributed by atoms with Crippen molar-refractivity contribution in [1.82, 2.24) is 4.98 Å². The van der Waals surface area contributed by atoms with E-state index in [0.29, 0.717) is 10.2 Å². The summed E-state index contributed by atoms with van der Waals surface area (Å²) < 4.78 is 7.03. The first-order valence-corrected chi connectivity index (χ1v) is 7.78. The number of para-hydroxylation sites is 1. The molecule has 0 saturated heterocycles. The molecule has 0 aliphatic rings. The predicted octanol–water partition coefficient (Wildman–Crippen LogP) is 4.82. The summed E-state index contributed by atoms with van der Waals surface area (Å²) in [6, 6.07) is 13.5. The highest BCUT2D eigenvalue weighted by atomic mass is 79.9.